The van der Waals surface area contributed by atoms with E-state index in [0.717, 1.165) is 23.0 Å². The number of likely N-dealkylation sites (N-methyl/N-ethyl adjacent to an activating group) is 1. The van der Waals surface area contributed by atoms with Crippen molar-refractivity contribution in [2.75, 3.05) is 13.6 Å². The van der Waals surface area contributed by atoms with Crippen molar-refractivity contribution in [2.45, 2.75) is 6.42 Å². The maximum Gasteiger partial charge on any atom is 0.328 e. The van der Waals surface area contributed by atoms with E-state index in [9.17, 15) is 9.59 Å². The van der Waals surface area contributed by atoms with Gasteiger partial charge in [-0.1, -0.05) is 0 Å². The Labute approximate surface area is 112 Å². The van der Waals surface area contributed by atoms with Crippen LogP contribution in [0.15, 0.2) is 28.1 Å². The fraction of sp³-hybridized carbons (Fsp3) is 0.273. The molecule has 0 spiro atoms. The molecule has 1 aromatic heterocycles. The first kappa shape index (κ1) is 13.9. The molecule has 92 valence electrons. The summed E-state index contributed by atoms with van der Waals surface area (Å²) in [6.45, 7) is 0.565. The Balaban J connectivity index is 2.41. The number of carboxylic acid groups (broad SMARTS) is 1. The van der Waals surface area contributed by atoms with Crippen LogP contribution in [0.1, 0.15) is 4.88 Å². The number of amides is 1. The first-order chi connectivity index (χ1) is 7.99. The molecule has 4 nitrogen and oxygen atoms in total. The lowest BCUT2D eigenvalue weighted by Crippen LogP contribution is -2.27. The van der Waals surface area contributed by atoms with Crippen LogP contribution in [-0.4, -0.2) is 35.5 Å². The van der Waals surface area contributed by atoms with E-state index in [4.69, 9.17) is 5.11 Å². The SMILES string of the molecule is CN(CCc1cc(Br)cs1)C(=O)/C=C/C(=O)O. The molecule has 0 aromatic carbocycles. The number of carbonyl (C=O) groups excluding carboxylic acids is 1. The van der Waals surface area contributed by atoms with Gasteiger partial charge in [0.25, 0.3) is 0 Å². The number of hydrogen-bond acceptors (Lipinski definition) is 3. The van der Waals surface area contributed by atoms with E-state index in [0.29, 0.717) is 6.54 Å². The predicted molar refractivity (Wildman–Crippen MR) is 70.1 cm³/mol. The Morgan fingerprint density at radius 2 is 2.24 bits per heavy atom. The number of halogens is 1. The highest BCUT2D eigenvalue weighted by Gasteiger charge is 2.06. The number of carbonyl (C=O) groups is 2. The molecule has 0 aliphatic carbocycles. The third-order valence-electron chi connectivity index (χ3n) is 2.06. The number of rotatable bonds is 5. The van der Waals surface area contributed by atoms with Crippen LogP contribution in [0.3, 0.4) is 0 Å². The van der Waals surface area contributed by atoms with Gasteiger partial charge in [0.15, 0.2) is 0 Å². The number of nitrogens with zero attached hydrogens (tertiary/aromatic N) is 1. The van der Waals surface area contributed by atoms with E-state index < -0.39 is 5.97 Å². The van der Waals surface area contributed by atoms with Crippen LogP contribution in [0, 0.1) is 0 Å². The highest BCUT2D eigenvalue weighted by atomic mass is 79.9. The zero-order chi connectivity index (χ0) is 12.8. The van der Waals surface area contributed by atoms with Crippen LogP contribution in [0.4, 0.5) is 0 Å². The fourth-order valence-electron chi connectivity index (χ4n) is 1.14. The lowest BCUT2D eigenvalue weighted by Gasteiger charge is -2.13. The molecule has 0 saturated heterocycles. The van der Waals surface area contributed by atoms with Gasteiger partial charge in [-0.2, -0.15) is 0 Å². The number of thiophene rings is 1. The van der Waals surface area contributed by atoms with Crippen molar-refractivity contribution in [1.29, 1.82) is 0 Å². The second kappa shape index (κ2) is 6.56. The zero-order valence-electron chi connectivity index (χ0n) is 9.22. The normalized spacial score (nSPS) is 10.7. The summed E-state index contributed by atoms with van der Waals surface area (Å²) < 4.78 is 1.04. The summed E-state index contributed by atoms with van der Waals surface area (Å²) in [5.74, 6) is -1.42. The van der Waals surface area contributed by atoms with Gasteiger partial charge < -0.3 is 10.0 Å². The highest BCUT2D eigenvalue weighted by molar-refractivity contribution is 9.10. The number of carboxylic acids is 1. The van der Waals surface area contributed by atoms with Crippen molar-refractivity contribution in [3.63, 3.8) is 0 Å². The lowest BCUT2D eigenvalue weighted by atomic mass is 10.3. The number of aliphatic carboxylic acids is 1. The average molecular weight is 318 g/mol. The molecule has 0 radical (unpaired) electrons. The second-order valence-corrected chi connectivity index (χ2v) is 5.32. The Morgan fingerprint density at radius 3 is 2.76 bits per heavy atom. The van der Waals surface area contributed by atoms with E-state index in [-0.39, 0.29) is 5.91 Å². The molecule has 0 saturated carbocycles. The highest BCUT2D eigenvalue weighted by Crippen LogP contribution is 2.20. The summed E-state index contributed by atoms with van der Waals surface area (Å²) >= 11 is 4.99. The standard InChI is InChI=1S/C11H12BrNO3S/c1-13(10(14)2-3-11(15)16)5-4-9-6-8(12)7-17-9/h2-3,6-7H,4-5H2,1H3,(H,15,16)/b3-2+. The van der Waals surface area contributed by atoms with Gasteiger partial charge in [0.2, 0.25) is 5.91 Å². The molecule has 0 fully saturated rings. The van der Waals surface area contributed by atoms with Crippen LogP contribution < -0.4 is 0 Å². The minimum absolute atomic E-state index is 0.303. The van der Waals surface area contributed by atoms with E-state index >= 15 is 0 Å². The second-order valence-electron chi connectivity index (χ2n) is 3.41. The molecule has 0 unspecified atom stereocenters. The third kappa shape index (κ3) is 5.14. The minimum Gasteiger partial charge on any atom is -0.478 e. The van der Waals surface area contributed by atoms with Gasteiger partial charge in [0.05, 0.1) is 0 Å². The van der Waals surface area contributed by atoms with Gasteiger partial charge >= 0.3 is 5.97 Å². The van der Waals surface area contributed by atoms with E-state index in [1.165, 1.54) is 9.78 Å². The molecule has 1 amide bonds. The summed E-state index contributed by atoms with van der Waals surface area (Å²) in [6, 6.07) is 2.01. The van der Waals surface area contributed by atoms with Crippen molar-refractivity contribution < 1.29 is 14.7 Å². The topological polar surface area (TPSA) is 57.6 Å². The average Bonchev–Trinajstić information content (AvgIpc) is 2.68. The summed E-state index contributed by atoms with van der Waals surface area (Å²) in [6.07, 6.45) is 2.67. The van der Waals surface area contributed by atoms with Crippen molar-refractivity contribution in [2.24, 2.45) is 0 Å². The van der Waals surface area contributed by atoms with Crippen LogP contribution in [0.25, 0.3) is 0 Å². The van der Waals surface area contributed by atoms with Gasteiger partial charge in [0.1, 0.15) is 0 Å². The van der Waals surface area contributed by atoms with E-state index in [1.807, 2.05) is 11.4 Å². The van der Waals surface area contributed by atoms with E-state index in [1.54, 1.807) is 18.4 Å². The fourth-order valence-corrected chi connectivity index (χ4v) is 2.59. The minimum atomic E-state index is -1.12. The van der Waals surface area contributed by atoms with Crippen LogP contribution in [0.5, 0.6) is 0 Å². The van der Waals surface area contributed by atoms with Gasteiger partial charge in [-0.05, 0) is 28.4 Å². The first-order valence-corrected chi connectivity index (χ1v) is 6.55. The molecule has 0 bridgehead atoms. The monoisotopic (exact) mass is 317 g/mol. The molecule has 0 aliphatic heterocycles. The Hall–Kier alpha value is -1.14. The maximum atomic E-state index is 11.4. The third-order valence-corrected chi connectivity index (χ3v) is 3.82. The molecular weight excluding hydrogens is 306 g/mol. The molecular formula is C11H12BrNO3S. The molecule has 1 aromatic rings. The molecule has 0 aliphatic rings. The van der Waals surface area contributed by atoms with Crippen LogP contribution in [-0.2, 0) is 16.0 Å². The Bertz CT molecular complexity index is 442. The van der Waals surface area contributed by atoms with E-state index in [2.05, 4.69) is 15.9 Å². The quantitative estimate of drug-likeness (QED) is 0.847. The largest absolute Gasteiger partial charge is 0.478 e. The van der Waals surface area contributed by atoms with Crippen molar-refractivity contribution in [3.8, 4) is 0 Å². The molecule has 1 rings (SSSR count). The summed E-state index contributed by atoms with van der Waals surface area (Å²) in [5, 5.41) is 10.4. The van der Waals surface area contributed by atoms with Crippen LogP contribution in [0.2, 0.25) is 0 Å². The molecule has 1 N–H and O–H groups in total. The summed E-state index contributed by atoms with van der Waals surface area (Å²) in [4.78, 5) is 24.4. The summed E-state index contributed by atoms with van der Waals surface area (Å²) in [5.41, 5.74) is 0. The first-order valence-electron chi connectivity index (χ1n) is 4.88. The molecule has 6 heteroatoms. The molecule has 0 atom stereocenters. The van der Waals surface area contributed by atoms with Crippen molar-refractivity contribution in [3.05, 3.63) is 32.9 Å². The maximum absolute atomic E-state index is 11.4. The van der Waals surface area contributed by atoms with Gasteiger partial charge in [0, 0.05) is 40.5 Å². The van der Waals surface area contributed by atoms with Crippen molar-refractivity contribution >= 4 is 39.1 Å². The summed E-state index contributed by atoms with van der Waals surface area (Å²) in [7, 11) is 1.65. The smallest absolute Gasteiger partial charge is 0.328 e. The lowest BCUT2D eigenvalue weighted by molar-refractivity contribution is -0.132. The Kier molecular flexibility index (Phi) is 5.37. The zero-order valence-corrected chi connectivity index (χ0v) is 11.6. The molecule has 1 heterocycles. The van der Waals surface area contributed by atoms with Gasteiger partial charge in [-0.25, -0.2) is 4.79 Å². The van der Waals surface area contributed by atoms with Crippen LogP contribution >= 0.6 is 27.3 Å². The number of hydrogen-bond donors (Lipinski definition) is 1. The van der Waals surface area contributed by atoms with Gasteiger partial charge in [-0.15, -0.1) is 11.3 Å². The molecule has 17 heavy (non-hydrogen) atoms. The van der Waals surface area contributed by atoms with Crippen molar-refractivity contribution in [1.82, 2.24) is 4.90 Å². The Morgan fingerprint density at radius 1 is 1.53 bits per heavy atom. The van der Waals surface area contributed by atoms with Gasteiger partial charge in [-0.3, -0.25) is 4.79 Å². The predicted octanol–water partition coefficient (Wildman–Crippen LogP) is 2.15.